The molecular formula is C51H92NO7P. The summed E-state index contributed by atoms with van der Waals surface area (Å²) in [5, 5.41) is 0. The highest BCUT2D eigenvalue weighted by Gasteiger charge is 2.25. The van der Waals surface area contributed by atoms with E-state index in [4.69, 9.17) is 24.3 Å². The van der Waals surface area contributed by atoms with Crippen LogP contribution in [0.4, 0.5) is 0 Å². The van der Waals surface area contributed by atoms with Crippen molar-refractivity contribution in [2.75, 3.05) is 33.0 Å². The molecule has 2 unspecified atom stereocenters. The number of phosphoric acid groups is 1. The molecule has 0 fully saturated rings. The lowest BCUT2D eigenvalue weighted by molar-refractivity contribution is -0.154. The van der Waals surface area contributed by atoms with Crippen LogP contribution in [0.3, 0.4) is 0 Å². The average molecular weight is 862 g/mol. The van der Waals surface area contributed by atoms with Crippen LogP contribution in [-0.4, -0.2) is 49.9 Å². The van der Waals surface area contributed by atoms with Crippen molar-refractivity contribution in [1.82, 2.24) is 0 Å². The summed E-state index contributed by atoms with van der Waals surface area (Å²) < 4.78 is 33.5. The Balaban J connectivity index is 4.02. The van der Waals surface area contributed by atoms with Gasteiger partial charge in [0.05, 0.1) is 19.8 Å². The third-order valence-corrected chi connectivity index (χ3v) is 11.1. The van der Waals surface area contributed by atoms with E-state index in [9.17, 15) is 14.3 Å². The quantitative estimate of drug-likeness (QED) is 0.0269. The number of unbranched alkanes of at least 4 members (excludes halogenated alkanes) is 21. The Hall–Kier alpha value is -2.06. The van der Waals surface area contributed by atoms with E-state index in [0.717, 1.165) is 77.0 Å². The molecule has 0 rings (SSSR count). The molecular weight excluding hydrogens is 770 g/mol. The molecule has 0 spiro atoms. The highest BCUT2D eigenvalue weighted by molar-refractivity contribution is 7.47. The summed E-state index contributed by atoms with van der Waals surface area (Å²) in [4.78, 5) is 22.6. The number of allylic oxidation sites excluding steroid dienone is 12. The van der Waals surface area contributed by atoms with Crippen LogP contribution < -0.4 is 5.73 Å². The Morgan fingerprint density at radius 3 is 1.42 bits per heavy atom. The van der Waals surface area contributed by atoms with Gasteiger partial charge in [0.2, 0.25) is 0 Å². The average Bonchev–Trinajstić information content (AvgIpc) is 3.24. The number of carbonyl (C=O) groups excluding carboxylic acids is 1. The minimum atomic E-state index is -4.29. The summed E-state index contributed by atoms with van der Waals surface area (Å²) >= 11 is 0. The van der Waals surface area contributed by atoms with E-state index in [2.05, 4.69) is 86.8 Å². The van der Waals surface area contributed by atoms with Crippen molar-refractivity contribution in [1.29, 1.82) is 0 Å². The van der Waals surface area contributed by atoms with E-state index in [1.807, 2.05) is 0 Å². The van der Waals surface area contributed by atoms with Gasteiger partial charge in [-0.2, -0.15) is 0 Å². The zero-order chi connectivity index (χ0) is 43.7. The summed E-state index contributed by atoms with van der Waals surface area (Å²) in [6, 6.07) is 0. The van der Waals surface area contributed by atoms with E-state index in [1.165, 1.54) is 109 Å². The number of carbonyl (C=O) groups is 1. The maximum Gasteiger partial charge on any atom is 0.472 e. The van der Waals surface area contributed by atoms with Crippen molar-refractivity contribution >= 4 is 13.8 Å². The minimum Gasteiger partial charge on any atom is -0.457 e. The summed E-state index contributed by atoms with van der Waals surface area (Å²) in [5.41, 5.74) is 5.38. The van der Waals surface area contributed by atoms with Gasteiger partial charge in [0.25, 0.3) is 0 Å². The molecule has 60 heavy (non-hydrogen) atoms. The van der Waals surface area contributed by atoms with Crippen molar-refractivity contribution in [3.05, 3.63) is 72.9 Å². The standard InChI is InChI=1S/C51H92NO7P/c1-3-5-7-9-11-13-15-17-19-21-23-24-25-27-29-31-33-35-37-39-41-43-46-56-48-50(49-58-60(54,55)57-47-45-52)59-51(53)44-42-40-38-36-34-32-30-28-26-22-20-18-16-14-12-10-8-6-4-2/h5,7,11,13,17-20,23-24,27,29,50H,3-4,6,8-10,12,14-16,21-22,25-26,28,30-49,52H2,1-2H3,(H,54,55)/b7-5-,13-11-,19-17-,20-18-,24-23-,29-27-. The molecule has 9 heteroatoms. The van der Waals surface area contributed by atoms with Crippen molar-refractivity contribution in [2.24, 2.45) is 5.73 Å². The van der Waals surface area contributed by atoms with Crippen LogP contribution in [-0.2, 0) is 27.9 Å². The number of ether oxygens (including phenoxy) is 2. The van der Waals surface area contributed by atoms with Gasteiger partial charge in [0.1, 0.15) is 6.10 Å². The molecule has 0 amide bonds. The Kier molecular flexibility index (Phi) is 46.3. The molecule has 0 aromatic rings. The molecule has 0 saturated heterocycles. The summed E-state index contributed by atoms with van der Waals surface area (Å²) in [6.07, 6.45) is 60.7. The van der Waals surface area contributed by atoms with Gasteiger partial charge in [-0.15, -0.1) is 0 Å². The van der Waals surface area contributed by atoms with E-state index in [1.54, 1.807) is 0 Å². The second kappa shape index (κ2) is 48.0. The summed E-state index contributed by atoms with van der Waals surface area (Å²) in [6.45, 7) is 4.77. The molecule has 0 radical (unpaired) electrons. The van der Waals surface area contributed by atoms with Gasteiger partial charge in [-0.3, -0.25) is 13.8 Å². The SMILES string of the molecule is CC/C=C\C/C=C\C/C=C\C/C=C\C/C=C\CCCCCCCCOCC(COP(=O)(O)OCCN)OC(=O)CCCCCCCCCCC/C=C\CCCCCCCC. The van der Waals surface area contributed by atoms with Crippen LogP contribution in [0.25, 0.3) is 0 Å². The molecule has 348 valence electrons. The fraction of sp³-hybridized carbons (Fsp3) is 0.745. The third-order valence-electron chi connectivity index (χ3n) is 10.1. The predicted octanol–water partition coefficient (Wildman–Crippen LogP) is 15.1. The molecule has 2 atom stereocenters. The molecule has 0 aliphatic heterocycles. The van der Waals surface area contributed by atoms with Crippen molar-refractivity contribution in [3.8, 4) is 0 Å². The van der Waals surface area contributed by atoms with Crippen LogP contribution in [0, 0.1) is 0 Å². The number of rotatable bonds is 46. The normalized spacial score (nSPS) is 14.0. The predicted molar refractivity (Wildman–Crippen MR) is 256 cm³/mol. The van der Waals surface area contributed by atoms with Crippen LogP contribution in [0.15, 0.2) is 72.9 Å². The lowest BCUT2D eigenvalue weighted by Crippen LogP contribution is -2.28. The summed E-state index contributed by atoms with van der Waals surface area (Å²) in [7, 11) is -4.29. The first kappa shape index (κ1) is 57.9. The Bertz CT molecular complexity index is 1150. The second-order valence-electron chi connectivity index (χ2n) is 15.9. The zero-order valence-corrected chi connectivity index (χ0v) is 39.6. The molecule has 8 nitrogen and oxygen atoms in total. The molecule has 0 heterocycles. The zero-order valence-electron chi connectivity index (χ0n) is 38.7. The monoisotopic (exact) mass is 862 g/mol. The van der Waals surface area contributed by atoms with Crippen molar-refractivity contribution in [2.45, 2.75) is 213 Å². The third kappa shape index (κ3) is 47.0. The Morgan fingerprint density at radius 1 is 0.517 bits per heavy atom. The highest BCUT2D eigenvalue weighted by Crippen LogP contribution is 2.43. The van der Waals surface area contributed by atoms with Gasteiger partial charge >= 0.3 is 13.8 Å². The van der Waals surface area contributed by atoms with E-state index in [-0.39, 0.29) is 32.3 Å². The van der Waals surface area contributed by atoms with Crippen LogP contribution >= 0.6 is 7.82 Å². The van der Waals surface area contributed by atoms with Gasteiger partial charge < -0.3 is 20.1 Å². The lowest BCUT2D eigenvalue weighted by Gasteiger charge is -2.20. The van der Waals surface area contributed by atoms with Crippen LogP contribution in [0.2, 0.25) is 0 Å². The first-order valence-electron chi connectivity index (χ1n) is 24.4. The number of nitrogens with two attached hydrogens (primary N) is 1. The van der Waals surface area contributed by atoms with Gasteiger partial charge in [-0.25, -0.2) is 4.57 Å². The van der Waals surface area contributed by atoms with Gasteiger partial charge in [-0.1, -0.05) is 189 Å². The van der Waals surface area contributed by atoms with Crippen LogP contribution in [0.1, 0.15) is 206 Å². The van der Waals surface area contributed by atoms with Crippen molar-refractivity contribution < 1.29 is 32.8 Å². The molecule has 0 aromatic heterocycles. The van der Waals surface area contributed by atoms with Gasteiger partial charge in [-0.05, 0) is 83.5 Å². The van der Waals surface area contributed by atoms with E-state index < -0.39 is 13.9 Å². The molecule has 0 bridgehead atoms. The lowest BCUT2D eigenvalue weighted by atomic mass is 10.1. The minimum absolute atomic E-state index is 0.0942. The molecule has 0 aliphatic rings. The number of hydrogen-bond acceptors (Lipinski definition) is 7. The topological polar surface area (TPSA) is 117 Å². The summed E-state index contributed by atoms with van der Waals surface area (Å²) in [5.74, 6) is -0.339. The fourth-order valence-corrected chi connectivity index (χ4v) is 7.31. The van der Waals surface area contributed by atoms with Crippen molar-refractivity contribution in [3.63, 3.8) is 0 Å². The first-order valence-corrected chi connectivity index (χ1v) is 25.9. The highest BCUT2D eigenvalue weighted by atomic mass is 31.2. The van der Waals surface area contributed by atoms with E-state index >= 15 is 0 Å². The Labute approximate surface area is 369 Å². The van der Waals surface area contributed by atoms with Gasteiger partial charge in [0.15, 0.2) is 0 Å². The second-order valence-corrected chi connectivity index (χ2v) is 17.4. The largest absolute Gasteiger partial charge is 0.472 e. The van der Waals surface area contributed by atoms with Gasteiger partial charge in [0, 0.05) is 19.6 Å². The molecule has 0 saturated carbocycles. The van der Waals surface area contributed by atoms with Crippen LogP contribution in [0.5, 0.6) is 0 Å². The molecule has 0 aliphatic carbocycles. The van der Waals surface area contributed by atoms with E-state index in [0.29, 0.717) is 13.0 Å². The maximum atomic E-state index is 12.6. The smallest absolute Gasteiger partial charge is 0.457 e. The fourth-order valence-electron chi connectivity index (χ4n) is 6.55. The molecule has 0 aromatic carbocycles. The maximum absolute atomic E-state index is 12.6. The Morgan fingerprint density at radius 2 is 0.933 bits per heavy atom. The number of hydrogen-bond donors (Lipinski definition) is 2. The molecule has 3 N–H and O–H groups in total. The number of esters is 1. The number of phosphoric ester groups is 1. The first-order chi connectivity index (χ1) is 29.4.